The van der Waals surface area contributed by atoms with Gasteiger partial charge in [-0.05, 0) is 18.2 Å². The molecular weight excluding hydrogens is 250 g/mol. The molecule has 7 heteroatoms. The predicted octanol–water partition coefficient (Wildman–Crippen LogP) is 2.83. The molecular formula is C11H9F4N3. The minimum Gasteiger partial charge on any atom is -0.383 e. The van der Waals surface area contributed by atoms with Gasteiger partial charge in [-0.1, -0.05) is 0 Å². The smallest absolute Gasteiger partial charge is 0.383 e. The Morgan fingerprint density at radius 3 is 2.44 bits per heavy atom. The number of nitrogens with zero attached hydrogens (tertiary/aromatic N) is 2. The fourth-order valence-electron chi connectivity index (χ4n) is 1.60. The zero-order valence-corrected chi connectivity index (χ0v) is 9.29. The van der Waals surface area contributed by atoms with Gasteiger partial charge in [-0.3, -0.25) is 0 Å². The first-order valence-electron chi connectivity index (χ1n) is 4.94. The fraction of sp³-hybridized carbons (Fsp3) is 0.182. The van der Waals surface area contributed by atoms with Crippen molar-refractivity contribution in [3.63, 3.8) is 0 Å². The second kappa shape index (κ2) is 4.01. The molecule has 0 saturated carbocycles. The van der Waals surface area contributed by atoms with E-state index in [9.17, 15) is 17.6 Å². The van der Waals surface area contributed by atoms with Gasteiger partial charge in [-0.25, -0.2) is 9.37 Å². The molecule has 96 valence electrons. The molecule has 0 saturated heterocycles. The highest BCUT2D eigenvalue weighted by atomic mass is 19.4. The molecule has 1 aromatic carbocycles. The molecule has 0 atom stereocenters. The molecule has 0 aliphatic carbocycles. The highest BCUT2D eigenvalue weighted by Crippen LogP contribution is 2.38. The van der Waals surface area contributed by atoms with Gasteiger partial charge in [0.1, 0.15) is 17.3 Å². The van der Waals surface area contributed by atoms with Crippen LogP contribution in [-0.2, 0) is 13.2 Å². The molecule has 0 spiro atoms. The molecule has 0 bridgehead atoms. The summed E-state index contributed by atoms with van der Waals surface area (Å²) in [5, 5.41) is 0. The number of aryl methyl sites for hydroxylation is 1. The van der Waals surface area contributed by atoms with Crippen LogP contribution in [0.4, 0.5) is 23.4 Å². The summed E-state index contributed by atoms with van der Waals surface area (Å²) in [6.45, 7) is 0. The van der Waals surface area contributed by atoms with E-state index in [4.69, 9.17) is 5.73 Å². The Morgan fingerprint density at radius 2 is 1.94 bits per heavy atom. The summed E-state index contributed by atoms with van der Waals surface area (Å²) >= 11 is 0. The molecule has 0 unspecified atom stereocenters. The summed E-state index contributed by atoms with van der Waals surface area (Å²) in [5.41, 5.74) is 4.29. The second-order valence-corrected chi connectivity index (χ2v) is 3.78. The normalized spacial score (nSPS) is 11.8. The third-order valence-corrected chi connectivity index (χ3v) is 2.52. The maximum Gasteiger partial charge on any atom is 0.417 e. The Morgan fingerprint density at radius 1 is 1.28 bits per heavy atom. The van der Waals surface area contributed by atoms with Crippen molar-refractivity contribution in [1.29, 1.82) is 0 Å². The number of anilines is 1. The minimum absolute atomic E-state index is 0.00942. The molecule has 2 rings (SSSR count). The molecule has 3 nitrogen and oxygen atoms in total. The molecule has 0 amide bonds. The maximum atomic E-state index is 12.9. The Bertz CT molecular complexity index is 586. The van der Waals surface area contributed by atoms with Crippen molar-refractivity contribution in [3.05, 3.63) is 35.9 Å². The number of imidazole rings is 1. The summed E-state index contributed by atoms with van der Waals surface area (Å²) in [7, 11) is 1.56. The first-order valence-corrected chi connectivity index (χ1v) is 4.94. The van der Waals surface area contributed by atoms with Crippen molar-refractivity contribution in [2.45, 2.75) is 6.18 Å². The zero-order chi connectivity index (χ0) is 13.5. The van der Waals surface area contributed by atoms with Crippen LogP contribution in [0.3, 0.4) is 0 Å². The van der Waals surface area contributed by atoms with Crippen LogP contribution in [0.15, 0.2) is 24.5 Å². The van der Waals surface area contributed by atoms with Gasteiger partial charge >= 0.3 is 6.18 Å². The Hall–Kier alpha value is -2.05. The molecule has 0 radical (unpaired) electrons. The minimum atomic E-state index is -4.67. The Labute approximate surface area is 99.9 Å². The third kappa shape index (κ3) is 2.03. The van der Waals surface area contributed by atoms with Gasteiger partial charge in [0.15, 0.2) is 0 Å². The topological polar surface area (TPSA) is 43.8 Å². The van der Waals surface area contributed by atoms with E-state index in [2.05, 4.69) is 4.98 Å². The van der Waals surface area contributed by atoms with Gasteiger partial charge in [0.25, 0.3) is 0 Å². The average molecular weight is 259 g/mol. The lowest BCUT2D eigenvalue weighted by atomic mass is 10.0. The number of hydrogen-bond donors (Lipinski definition) is 1. The van der Waals surface area contributed by atoms with Gasteiger partial charge < -0.3 is 10.3 Å². The van der Waals surface area contributed by atoms with Crippen molar-refractivity contribution in [2.24, 2.45) is 7.05 Å². The summed E-state index contributed by atoms with van der Waals surface area (Å²) in [5.74, 6) is -0.868. The van der Waals surface area contributed by atoms with Crippen LogP contribution >= 0.6 is 0 Å². The number of benzene rings is 1. The molecule has 2 aromatic rings. The average Bonchev–Trinajstić information content (AvgIpc) is 2.59. The zero-order valence-electron chi connectivity index (χ0n) is 9.29. The molecule has 1 aromatic heterocycles. The predicted molar refractivity (Wildman–Crippen MR) is 58.0 cm³/mol. The fourth-order valence-corrected chi connectivity index (χ4v) is 1.60. The van der Waals surface area contributed by atoms with Crippen molar-refractivity contribution >= 4 is 5.82 Å². The lowest BCUT2D eigenvalue weighted by Gasteiger charge is -2.12. The molecule has 1 heterocycles. The summed E-state index contributed by atoms with van der Waals surface area (Å²) < 4.78 is 52.8. The van der Waals surface area contributed by atoms with Crippen LogP contribution in [0.2, 0.25) is 0 Å². The number of rotatable bonds is 1. The highest BCUT2D eigenvalue weighted by molar-refractivity contribution is 5.73. The van der Waals surface area contributed by atoms with Crippen LogP contribution < -0.4 is 5.73 Å². The lowest BCUT2D eigenvalue weighted by molar-refractivity contribution is -0.137. The summed E-state index contributed by atoms with van der Waals surface area (Å²) in [4.78, 5) is 3.80. The van der Waals surface area contributed by atoms with E-state index in [0.717, 1.165) is 12.1 Å². The summed E-state index contributed by atoms with van der Waals surface area (Å²) in [6, 6.07) is 2.40. The number of nitrogen functional groups attached to an aromatic ring is 1. The molecule has 0 aliphatic rings. The second-order valence-electron chi connectivity index (χ2n) is 3.78. The van der Waals surface area contributed by atoms with Gasteiger partial charge in [0, 0.05) is 12.6 Å². The number of alkyl halides is 3. The van der Waals surface area contributed by atoms with Crippen LogP contribution in [-0.4, -0.2) is 9.55 Å². The van der Waals surface area contributed by atoms with Crippen LogP contribution in [0.5, 0.6) is 0 Å². The third-order valence-electron chi connectivity index (χ3n) is 2.52. The van der Waals surface area contributed by atoms with E-state index >= 15 is 0 Å². The largest absolute Gasteiger partial charge is 0.417 e. The number of nitrogens with two attached hydrogens (primary N) is 1. The van der Waals surface area contributed by atoms with E-state index in [1.807, 2.05) is 0 Å². The van der Waals surface area contributed by atoms with Gasteiger partial charge in [0.05, 0.1) is 11.9 Å². The standard InChI is InChI=1S/C11H9F4N3/c1-18-5-17-9(10(18)16)7-3-2-6(12)4-8(7)11(13,14)15/h2-5H,16H2,1H3. The van der Waals surface area contributed by atoms with Crippen LogP contribution in [0.25, 0.3) is 11.3 Å². The molecule has 18 heavy (non-hydrogen) atoms. The number of aromatic nitrogens is 2. The van der Waals surface area contributed by atoms with Crippen molar-refractivity contribution in [2.75, 3.05) is 5.73 Å². The van der Waals surface area contributed by atoms with Gasteiger partial charge in [-0.15, -0.1) is 0 Å². The SMILES string of the molecule is Cn1cnc(-c2ccc(F)cc2C(F)(F)F)c1N. The van der Waals surface area contributed by atoms with Gasteiger partial charge in [0.2, 0.25) is 0 Å². The Balaban J connectivity index is 2.68. The van der Waals surface area contributed by atoms with Crippen LogP contribution in [0.1, 0.15) is 5.56 Å². The van der Waals surface area contributed by atoms with E-state index in [1.54, 1.807) is 7.05 Å². The van der Waals surface area contributed by atoms with E-state index in [0.29, 0.717) is 6.07 Å². The van der Waals surface area contributed by atoms with E-state index in [1.165, 1.54) is 10.9 Å². The van der Waals surface area contributed by atoms with Crippen molar-refractivity contribution < 1.29 is 17.6 Å². The molecule has 0 aliphatic heterocycles. The van der Waals surface area contributed by atoms with Crippen LogP contribution in [0, 0.1) is 5.82 Å². The van der Waals surface area contributed by atoms with E-state index < -0.39 is 17.6 Å². The highest BCUT2D eigenvalue weighted by Gasteiger charge is 2.35. The molecule has 2 N–H and O–H groups in total. The Kier molecular flexibility index (Phi) is 2.76. The summed E-state index contributed by atoms with van der Waals surface area (Å²) in [6.07, 6.45) is -3.37. The monoisotopic (exact) mass is 259 g/mol. The van der Waals surface area contributed by atoms with Crippen molar-refractivity contribution in [1.82, 2.24) is 9.55 Å². The number of halogens is 4. The maximum absolute atomic E-state index is 12.9. The lowest BCUT2D eigenvalue weighted by Crippen LogP contribution is -2.08. The quantitative estimate of drug-likeness (QED) is 0.800. The molecule has 0 fully saturated rings. The van der Waals surface area contributed by atoms with E-state index in [-0.39, 0.29) is 17.1 Å². The first-order chi connectivity index (χ1) is 8.30. The first kappa shape index (κ1) is 12.4. The number of hydrogen-bond acceptors (Lipinski definition) is 2. The van der Waals surface area contributed by atoms with Gasteiger partial charge in [-0.2, -0.15) is 13.2 Å². The van der Waals surface area contributed by atoms with Crippen molar-refractivity contribution in [3.8, 4) is 11.3 Å².